The van der Waals surface area contributed by atoms with Gasteiger partial charge in [-0.1, -0.05) is 0 Å². The summed E-state index contributed by atoms with van der Waals surface area (Å²) in [6, 6.07) is 1.26. The summed E-state index contributed by atoms with van der Waals surface area (Å²) < 4.78 is 30.5. The van der Waals surface area contributed by atoms with Gasteiger partial charge in [0.1, 0.15) is 6.04 Å². The normalized spacial score (nSPS) is 21.1. The first-order valence-corrected chi connectivity index (χ1v) is 8.17. The van der Waals surface area contributed by atoms with Crippen molar-refractivity contribution in [3.05, 3.63) is 21.4 Å². The molecular formula is C15H22F2N2O2S. The van der Waals surface area contributed by atoms with Crippen molar-refractivity contribution in [2.75, 3.05) is 26.3 Å². The minimum absolute atomic E-state index is 0.146. The summed E-state index contributed by atoms with van der Waals surface area (Å²) in [4.78, 5) is 16.3. The number of aryl methyl sites for hydroxylation is 2. The molecule has 7 heteroatoms. The minimum atomic E-state index is -2.45. The number of hydrogen-bond acceptors (Lipinski definition) is 4. The summed E-state index contributed by atoms with van der Waals surface area (Å²) in [5, 5.41) is 2.92. The average Bonchev–Trinajstić information content (AvgIpc) is 2.77. The van der Waals surface area contributed by atoms with Crippen molar-refractivity contribution >= 4 is 17.2 Å². The van der Waals surface area contributed by atoms with Gasteiger partial charge in [0, 0.05) is 16.3 Å². The van der Waals surface area contributed by atoms with E-state index in [0.29, 0.717) is 13.2 Å². The maximum Gasteiger partial charge on any atom is 0.251 e. The van der Waals surface area contributed by atoms with Gasteiger partial charge in [-0.15, -0.1) is 11.3 Å². The molecule has 1 N–H and O–H groups in total. The molecule has 1 fully saturated rings. The van der Waals surface area contributed by atoms with Crippen LogP contribution in [0.2, 0.25) is 0 Å². The molecule has 0 saturated carbocycles. The molecule has 0 aliphatic carbocycles. The van der Waals surface area contributed by atoms with Crippen LogP contribution < -0.4 is 5.32 Å². The molecule has 0 aromatic carbocycles. The number of carbonyl (C=O) groups excluding carboxylic acids is 1. The van der Waals surface area contributed by atoms with Gasteiger partial charge >= 0.3 is 0 Å². The number of morpholine rings is 1. The monoisotopic (exact) mass is 332 g/mol. The molecule has 0 bridgehead atoms. The molecule has 124 valence electrons. The fourth-order valence-electron chi connectivity index (χ4n) is 2.74. The summed E-state index contributed by atoms with van der Waals surface area (Å²) in [7, 11) is 0. The third kappa shape index (κ3) is 4.24. The van der Waals surface area contributed by atoms with Crippen LogP contribution in [0, 0.1) is 13.8 Å². The lowest BCUT2D eigenvalue weighted by atomic mass is 10.1. The van der Waals surface area contributed by atoms with E-state index < -0.39 is 19.0 Å². The van der Waals surface area contributed by atoms with Crippen LogP contribution in [0.3, 0.4) is 0 Å². The number of nitrogens with one attached hydrogen (secondary N) is 1. The third-order valence-electron chi connectivity index (χ3n) is 3.82. The van der Waals surface area contributed by atoms with Crippen LogP contribution in [0.15, 0.2) is 6.07 Å². The van der Waals surface area contributed by atoms with Crippen LogP contribution in [0.5, 0.6) is 0 Å². The van der Waals surface area contributed by atoms with Gasteiger partial charge < -0.3 is 10.1 Å². The molecule has 1 aromatic heterocycles. The largest absolute Gasteiger partial charge is 0.378 e. The van der Waals surface area contributed by atoms with Crippen LogP contribution in [-0.4, -0.2) is 49.6 Å². The SMILES string of the molecule is Cc1cc([C@@H](C)NC(=O)[C@@H]2COCCN2CC(F)F)c(C)s1. The molecule has 0 unspecified atom stereocenters. The minimum Gasteiger partial charge on any atom is -0.378 e. The first-order valence-electron chi connectivity index (χ1n) is 7.35. The van der Waals surface area contributed by atoms with Crippen molar-refractivity contribution in [1.82, 2.24) is 10.2 Å². The van der Waals surface area contributed by atoms with Gasteiger partial charge in [-0.25, -0.2) is 8.78 Å². The Kier molecular flexibility index (Phi) is 5.88. The van der Waals surface area contributed by atoms with Crippen LogP contribution in [-0.2, 0) is 9.53 Å². The van der Waals surface area contributed by atoms with Crippen LogP contribution in [0.1, 0.15) is 28.3 Å². The molecule has 0 radical (unpaired) electrons. The third-order valence-corrected chi connectivity index (χ3v) is 4.80. The molecule has 1 amide bonds. The van der Waals surface area contributed by atoms with Crippen LogP contribution >= 0.6 is 11.3 Å². The molecule has 1 aliphatic rings. The molecule has 1 aliphatic heterocycles. The number of rotatable bonds is 5. The van der Waals surface area contributed by atoms with E-state index in [1.165, 1.54) is 9.78 Å². The van der Waals surface area contributed by atoms with Gasteiger partial charge in [-0.2, -0.15) is 0 Å². The van der Waals surface area contributed by atoms with Crippen molar-refractivity contribution < 1.29 is 18.3 Å². The Morgan fingerprint density at radius 1 is 1.55 bits per heavy atom. The average molecular weight is 332 g/mol. The number of carbonyl (C=O) groups is 1. The maximum atomic E-state index is 12.6. The topological polar surface area (TPSA) is 41.6 Å². The fourth-order valence-corrected chi connectivity index (χ4v) is 3.77. The lowest BCUT2D eigenvalue weighted by molar-refractivity contribution is -0.134. The van der Waals surface area contributed by atoms with E-state index in [2.05, 4.69) is 11.4 Å². The van der Waals surface area contributed by atoms with Gasteiger partial charge in [0.25, 0.3) is 6.43 Å². The predicted octanol–water partition coefficient (Wildman–Crippen LogP) is 2.51. The summed E-state index contributed by atoms with van der Waals surface area (Å²) in [5.74, 6) is -0.254. The van der Waals surface area contributed by atoms with Crippen molar-refractivity contribution in [3.63, 3.8) is 0 Å². The van der Waals surface area contributed by atoms with Crippen molar-refractivity contribution in [3.8, 4) is 0 Å². The van der Waals surface area contributed by atoms with E-state index in [0.717, 1.165) is 10.4 Å². The zero-order chi connectivity index (χ0) is 16.3. The molecule has 1 aromatic rings. The summed E-state index contributed by atoms with van der Waals surface area (Å²) in [6.07, 6.45) is -2.45. The number of halogens is 2. The highest BCUT2D eigenvalue weighted by Gasteiger charge is 2.32. The summed E-state index contributed by atoms with van der Waals surface area (Å²) in [5.41, 5.74) is 1.08. The Balaban J connectivity index is 2.01. The zero-order valence-electron chi connectivity index (χ0n) is 13.1. The first kappa shape index (κ1) is 17.3. The molecular weight excluding hydrogens is 310 g/mol. The Morgan fingerprint density at radius 3 is 2.86 bits per heavy atom. The highest BCUT2D eigenvalue weighted by Crippen LogP contribution is 2.26. The van der Waals surface area contributed by atoms with Gasteiger partial charge in [0.05, 0.1) is 25.8 Å². The van der Waals surface area contributed by atoms with Gasteiger partial charge in [-0.3, -0.25) is 9.69 Å². The Labute approximate surface area is 133 Å². The van der Waals surface area contributed by atoms with Gasteiger partial charge in [0.15, 0.2) is 0 Å². The second kappa shape index (κ2) is 7.48. The van der Waals surface area contributed by atoms with Crippen LogP contribution in [0.4, 0.5) is 8.78 Å². The van der Waals surface area contributed by atoms with Crippen molar-refractivity contribution in [1.29, 1.82) is 0 Å². The van der Waals surface area contributed by atoms with E-state index in [-0.39, 0.29) is 18.6 Å². The summed E-state index contributed by atoms with van der Waals surface area (Å²) in [6.45, 7) is 6.45. The molecule has 22 heavy (non-hydrogen) atoms. The standard InChI is InChI=1S/C15H22F2N2O2S/c1-9-6-12(11(3)22-9)10(2)18-15(20)13-8-21-5-4-19(13)7-14(16)17/h6,10,13-14H,4-5,7-8H2,1-3H3,(H,18,20)/t10-,13+/m1/s1. The number of alkyl halides is 2. The Hall–Kier alpha value is -1.05. The summed E-state index contributed by atoms with van der Waals surface area (Å²) >= 11 is 1.68. The Bertz CT molecular complexity index is 522. The molecule has 0 spiro atoms. The zero-order valence-corrected chi connectivity index (χ0v) is 13.9. The van der Waals surface area contributed by atoms with Crippen molar-refractivity contribution in [2.45, 2.75) is 39.3 Å². The molecule has 1 saturated heterocycles. The quantitative estimate of drug-likeness (QED) is 0.901. The van der Waals surface area contributed by atoms with Gasteiger partial charge in [-0.05, 0) is 32.4 Å². The lowest BCUT2D eigenvalue weighted by Crippen LogP contribution is -2.55. The maximum absolute atomic E-state index is 12.6. The second-order valence-electron chi connectivity index (χ2n) is 5.58. The lowest BCUT2D eigenvalue weighted by Gasteiger charge is -2.34. The van der Waals surface area contributed by atoms with E-state index >= 15 is 0 Å². The highest BCUT2D eigenvalue weighted by atomic mass is 32.1. The predicted molar refractivity (Wildman–Crippen MR) is 82.5 cm³/mol. The Morgan fingerprint density at radius 2 is 2.27 bits per heavy atom. The number of nitrogens with zero attached hydrogens (tertiary/aromatic N) is 1. The number of amides is 1. The number of hydrogen-bond donors (Lipinski definition) is 1. The smallest absolute Gasteiger partial charge is 0.251 e. The second-order valence-corrected chi connectivity index (χ2v) is 7.04. The number of ether oxygens (including phenoxy) is 1. The van der Waals surface area contributed by atoms with E-state index in [9.17, 15) is 13.6 Å². The first-order chi connectivity index (χ1) is 10.4. The molecule has 2 rings (SSSR count). The van der Waals surface area contributed by atoms with Crippen LogP contribution in [0.25, 0.3) is 0 Å². The van der Waals surface area contributed by atoms with Gasteiger partial charge in [0.2, 0.25) is 5.91 Å². The fraction of sp³-hybridized carbons (Fsp3) is 0.667. The highest BCUT2D eigenvalue weighted by molar-refractivity contribution is 7.12. The van der Waals surface area contributed by atoms with E-state index in [4.69, 9.17) is 4.74 Å². The molecule has 2 heterocycles. The van der Waals surface area contributed by atoms with Crippen molar-refractivity contribution in [2.24, 2.45) is 0 Å². The molecule has 2 atom stereocenters. The molecule has 4 nitrogen and oxygen atoms in total. The van der Waals surface area contributed by atoms with E-state index in [1.807, 2.05) is 20.8 Å². The number of thiophene rings is 1. The van der Waals surface area contributed by atoms with E-state index in [1.54, 1.807) is 11.3 Å².